The van der Waals surface area contributed by atoms with Crippen molar-refractivity contribution in [3.8, 4) is 22.3 Å². The minimum absolute atomic E-state index is 1.12. The van der Waals surface area contributed by atoms with Crippen LogP contribution in [0.1, 0.15) is 71.5 Å². The van der Waals surface area contributed by atoms with Crippen LogP contribution in [0.25, 0.3) is 42.4 Å². The van der Waals surface area contributed by atoms with Gasteiger partial charge in [-0.15, -0.1) is 22.7 Å². The fourth-order valence-corrected chi connectivity index (χ4v) is 9.06. The Kier molecular flexibility index (Phi) is 8.02. The van der Waals surface area contributed by atoms with Crippen molar-refractivity contribution in [1.82, 2.24) is 0 Å². The molecular formula is C40H40S2. The van der Waals surface area contributed by atoms with Crippen molar-refractivity contribution in [3.63, 3.8) is 0 Å². The van der Waals surface area contributed by atoms with E-state index in [0.29, 0.717) is 0 Å². The first-order valence-electron chi connectivity index (χ1n) is 16.0. The van der Waals surface area contributed by atoms with E-state index in [0.717, 1.165) is 25.7 Å². The summed E-state index contributed by atoms with van der Waals surface area (Å²) in [5, 5.41) is 2.81. The maximum absolute atomic E-state index is 2.44. The van der Waals surface area contributed by atoms with Gasteiger partial charge in [0.2, 0.25) is 0 Å². The molecule has 0 saturated heterocycles. The van der Waals surface area contributed by atoms with Gasteiger partial charge in [-0.1, -0.05) is 99.5 Å². The SMILES string of the molecule is CCCCc1cccc(CCc2cc3ccc4c(c3s2)-c2ccc3cc(CCc5cccc(CCCC)c5)sc3c2-4)c1. The number of rotatable bonds is 12. The largest absolute Gasteiger partial charge is 0.140 e. The lowest BCUT2D eigenvalue weighted by Crippen LogP contribution is -1.98. The highest BCUT2D eigenvalue weighted by atomic mass is 32.1. The first-order chi connectivity index (χ1) is 20.7. The van der Waals surface area contributed by atoms with E-state index in [1.165, 1.54) is 113 Å². The summed E-state index contributed by atoms with van der Waals surface area (Å²) in [5.74, 6) is 0. The van der Waals surface area contributed by atoms with Crippen LogP contribution in [0.15, 0.2) is 84.9 Å². The molecule has 0 saturated carbocycles. The third-order valence-electron chi connectivity index (χ3n) is 8.96. The van der Waals surface area contributed by atoms with E-state index in [1.807, 2.05) is 22.7 Å². The van der Waals surface area contributed by atoms with Crippen LogP contribution in [0.2, 0.25) is 0 Å². The van der Waals surface area contributed by atoms with E-state index < -0.39 is 0 Å². The Morgan fingerprint density at radius 2 is 0.881 bits per heavy atom. The summed E-state index contributed by atoms with van der Waals surface area (Å²) in [6.07, 6.45) is 11.9. The van der Waals surface area contributed by atoms with E-state index in [4.69, 9.17) is 0 Å². The monoisotopic (exact) mass is 584 g/mol. The molecule has 0 fully saturated rings. The summed E-state index contributed by atoms with van der Waals surface area (Å²) in [4.78, 5) is 3.01. The van der Waals surface area contributed by atoms with Crippen LogP contribution in [0.5, 0.6) is 0 Å². The second-order valence-electron chi connectivity index (χ2n) is 12.1. The molecule has 0 bridgehead atoms. The van der Waals surface area contributed by atoms with Gasteiger partial charge in [-0.25, -0.2) is 0 Å². The first kappa shape index (κ1) is 27.6. The summed E-state index contributed by atoms with van der Waals surface area (Å²) in [7, 11) is 0. The van der Waals surface area contributed by atoms with Gasteiger partial charge in [-0.05, 0) is 108 Å². The minimum Gasteiger partial charge on any atom is -0.140 e. The Balaban J connectivity index is 1.08. The zero-order valence-corrected chi connectivity index (χ0v) is 26.6. The van der Waals surface area contributed by atoms with Crippen molar-refractivity contribution in [1.29, 1.82) is 0 Å². The third-order valence-corrected chi connectivity index (χ3v) is 11.4. The van der Waals surface area contributed by atoms with Crippen LogP contribution in [0.4, 0.5) is 0 Å². The lowest BCUT2D eigenvalue weighted by molar-refractivity contribution is 0.793. The lowest BCUT2D eigenvalue weighted by atomic mass is 9.79. The molecule has 7 rings (SSSR count). The smallest absolute Gasteiger partial charge is 0.0430 e. The number of thiophene rings is 2. The molecule has 42 heavy (non-hydrogen) atoms. The van der Waals surface area contributed by atoms with Gasteiger partial charge in [-0.3, -0.25) is 0 Å². The maximum atomic E-state index is 2.44. The number of benzene rings is 4. The summed E-state index contributed by atoms with van der Waals surface area (Å²) < 4.78 is 2.96. The minimum atomic E-state index is 1.12. The second-order valence-corrected chi connectivity index (χ2v) is 14.4. The van der Waals surface area contributed by atoms with Crippen LogP contribution in [0, 0.1) is 0 Å². The molecule has 0 nitrogen and oxygen atoms in total. The van der Waals surface area contributed by atoms with Crippen molar-refractivity contribution in [3.05, 3.63) is 117 Å². The third kappa shape index (κ3) is 5.48. The molecule has 0 aliphatic heterocycles. The highest BCUT2D eigenvalue weighted by Crippen LogP contribution is 2.56. The van der Waals surface area contributed by atoms with Crippen LogP contribution >= 0.6 is 22.7 Å². The lowest BCUT2D eigenvalue weighted by Gasteiger charge is -2.25. The molecule has 1 aliphatic carbocycles. The summed E-state index contributed by atoms with van der Waals surface area (Å²) in [5.41, 5.74) is 11.8. The highest BCUT2D eigenvalue weighted by Gasteiger charge is 2.28. The van der Waals surface area contributed by atoms with Crippen LogP contribution in [0.3, 0.4) is 0 Å². The zero-order valence-electron chi connectivity index (χ0n) is 25.0. The molecule has 212 valence electrons. The highest BCUT2D eigenvalue weighted by molar-refractivity contribution is 7.20. The molecule has 4 aromatic carbocycles. The summed E-state index contributed by atoms with van der Waals surface area (Å²) in [6, 6.07) is 32.9. The summed E-state index contributed by atoms with van der Waals surface area (Å²) in [6.45, 7) is 4.55. The van der Waals surface area contributed by atoms with Gasteiger partial charge in [-0.2, -0.15) is 0 Å². The Morgan fingerprint density at radius 1 is 0.452 bits per heavy atom. The molecule has 0 N–H and O–H groups in total. The molecule has 2 aromatic heterocycles. The Morgan fingerprint density at radius 3 is 1.31 bits per heavy atom. The molecule has 1 aliphatic rings. The molecule has 0 radical (unpaired) electrons. The van der Waals surface area contributed by atoms with Crippen LogP contribution in [-0.4, -0.2) is 0 Å². The molecule has 0 amide bonds. The quantitative estimate of drug-likeness (QED) is 0.134. The summed E-state index contributed by atoms with van der Waals surface area (Å²) >= 11 is 4.03. The van der Waals surface area contributed by atoms with E-state index >= 15 is 0 Å². The fraction of sp³-hybridized carbons (Fsp3) is 0.300. The van der Waals surface area contributed by atoms with Crippen LogP contribution < -0.4 is 0 Å². The normalized spacial score (nSPS) is 12.0. The molecule has 6 aromatic rings. The van der Waals surface area contributed by atoms with E-state index in [1.54, 1.807) is 0 Å². The van der Waals surface area contributed by atoms with Crippen LogP contribution in [-0.2, 0) is 38.5 Å². The van der Waals surface area contributed by atoms with Gasteiger partial charge < -0.3 is 0 Å². The van der Waals surface area contributed by atoms with Crippen molar-refractivity contribution in [2.24, 2.45) is 0 Å². The van der Waals surface area contributed by atoms with Crippen molar-refractivity contribution >= 4 is 42.8 Å². The van der Waals surface area contributed by atoms with E-state index in [-0.39, 0.29) is 0 Å². The number of unbranched alkanes of at least 4 members (excludes halogenated alkanes) is 2. The average Bonchev–Trinajstić information content (AvgIpc) is 3.61. The van der Waals surface area contributed by atoms with Crippen molar-refractivity contribution < 1.29 is 0 Å². The fourth-order valence-electron chi connectivity index (χ4n) is 6.63. The van der Waals surface area contributed by atoms with Crippen molar-refractivity contribution in [2.75, 3.05) is 0 Å². The Hall–Kier alpha value is -3.20. The maximum Gasteiger partial charge on any atom is 0.0430 e. The zero-order chi connectivity index (χ0) is 28.5. The average molecular weight is 585 g/mol. The van der Waals surface area contributed by atoms with E-state index in [9.17, 15) is 0 Å². The van der Waals surface area contributed by atoms with Gasteiger partial charge in [0, 0.05) is 30.3 Å². The number of aryl methyl sites for hydroxylation is 6. The topological polar surface area (TPSA) is 0 Å². The molecule has 2 heterocycles. The van der Waals surface area contributed by atoms with Crippen molar-refractivity contribution in [2.45, 2.75) is 78.1 Å². The molecule has 0 atom stereocenters. The predicted molar refractivity (Wildman–Crippen MR) is 187 cm³/mol. The van der Waals surface area contributed by atoms with Gasteiger partial charge in [0.25, 0.3) is 0 Å². The Bertz CT molecular complexity index is 1710. The van der Waals surface area contributed by atoms with Gasteiger partial charge in [0.1, 0.15) is 0 Å². The van der Waals surface area contributed by atoms with E-state index in [2.05, 4.69) is 98.8 Å². The Labute approximate surface area is 259 Å². The molecule has 0 unspecified atom stereocenters. The number of fused-ring (bicyclic) bond motifs is 8. The van der Waals surface area contributed by atoms with Gasteiger partial charge in [0.05, 0.1) is 0 Å². The molecular weight excluding hydrogens is 545 g/mol. The molecule has 2 heteroatoms. The van der Waals surface area contributed by atoms with Gasteiger partial charge >= 0.3 is 0 Å². The second kappa shape index (κ2) is 12.2. The molecule has 0 spiro atoms. The first-order valence-corrected chi connectivity index (χ1v) is 17.6. The predicted octanol–water partition coefficient (Wildman–Crippen LogP) is 12.0. The standard InChI is InChI=1S/C40H40S2/c1-3-5-9-27-11-7-13-29(23-27)15-19-33-25-31-17-21-35-37(39(31)41-33)36-22-18-32-26-34(42-40(32)38(35)36)20-16-30-14-8-12-28(24-30)10-6-4-2/h7-8,11-14,17-18,21-26H,3-6,9-10,15-16,19-20H2,1-2H3. The van der Waals surface area contributed by atoms with Gasteiger partial charge in [0.15, 0.2) is 0 Å². The number of hydrogen-bond donors (Lipinski definition) is 0. The number of hydrogen-bond acceptors (Lipinski definition) is 2.